The molecule has 0 radical (unpaired) electrons. The molecule has 0 spiro atoms. The third-order valence-corrected chi connectivity index (χ3v) is 29.8. The van der Waals surface area contributed by atoms with Crippen molar-refractivity contribution < 1.29 is 28.8 Å². The Kier molecular flexibility index (Phi) is 59.4. The van der Waals surface area contributed by atoms with E-state index in [2.05, 4.69) is 111 Å². The van der Waals surface area contributed by atoms with Crippen molar-refractivity contribution in [1.82, 2.24) is 0 Å². The van der Waals surface area contributed by atoms with Gasteiger partial charge in [0.1, 0.15) is 32.5 Å². The van der Waals surface area contributed by atoms with Crippen LogP contribution in [-0.4, -0.2) is 70.6 Å². The first kappa shape index (κ1) is 94.5. The first-order valence-electron chi connectivity index (χ1n) is 45.1. The van der Waals surface area contributed by atoms with Crippen LogP contribution in [0.15, 0.2) is 42.5 Å². The molecule has 2 aromatic carbocycles. The van der Waals surface area contributed by atoms with Crippen LogP contribution in [0.5, 0.6) is 0 Å². The summed E-state index contributed by atoms with van der Waals surface area (Å²) in [6.45, 7) is 26.1. The third kappa shape index (κ3) is 42.9. The molecule has 1 N–H and O–H groups in total. The standard InChI is InChI=1S/C94H169ClO6Si/c1-11-15-19-23-27-31-35-39-43-47-51-55-59-63-74-97-81-90-91(98-75-64-60-56-52-48-44-40-36-32-28-24-20-16-12-2)92(99-76-65-61-57-53-49-45-41-37-33-29-25-21-17-13-3)93(100-77-66-62-58-54-50-46-42-38-34-30-26-22-18-14-4)94(96,101-90)88-71-72-89(95)87(80-88)79-86-69-67-85(68-70-86)73-78-102(82(5)6,83(7)8)84(9)10/h67-72,80,82-84,90-93,96H,11-66,74-77,79,81H2,1-10H3/t90-,91-,92+,93-,94-/m1/s1. The van der Waals surface area contributed by atoms with Gasteiger partial charge in [-0.3, -0.25) is 0 Å². The highest BCUT2D eigenvalue weighted by Gasteiger charge is 2.57. The molecule has 1 aliphatic rings. The Labute approximate surface area is 640 Å². The zero-order chi connectivity index (χ0) is 73.7. The van der Waals surface area contributed by atoms with E-state index in [1.54, 1.807) is 0 Å². The van der Waals surface area contributed by atoms with Crippen LogP contribution in [0.4, 0.5) is 0 Å². The number of unbranched alkanes of at least 4 members (excludes halogenated alkanes) is 52. The molecule has 2 aromatic rings. The predicted molar refractivity (Wildman–Crippen MR) is 449 cm³/mol. The van der Waals surface area contributed by atoms with Gasteiger partial charge in [-0.15, -0.1) is 5.54 Å². The van der Waals surface area contributed by atoms with Crippen molar-refractivity contribution in [2.75, 3.05) is 33.0 Å². The van der Waals surface area contributed by atoms with Gasteiger partial charge in [0.05, 0.1) is 6.61 Å². The predicted octanol–water partition coefficient (Wildman–Crippen LogP) is 30.1. The second-order valence-electron chi connectivity index (χ2n) is 33.1. The normalized spacial score (nSPS) is 17.2. The van der Waals surface area contributed by atoms with E-state index in [4.69, 9.17) is 35.3 Å². The van der Waals surface area contributed by atoms with Gasteiger partial charge in [0, 0.05) is 42.6 Å². The fourth-order valence-corrected chi connectivity index (χ4v) is 21.9. The lowest BCUT2D eigenvalue weighted by Gasteiger charge is -2.50. The number of hydrogen-bond acceptors (Lipinski definition) is 6. The van der Waals surface area contributed by atoms with Crippen molar-refractivity contribution >= 4 is 19.7 Å². The zero-order valence-corrected chi connectivity index (χ0v) is 71.0. The average Bonchev–Trinajstić information content (AvgIpc) is 0.745. The number of ether oxygens (including phenoxy) is 5. The van der Waals surface area contributed by atoms with E-state index < -0.39 is 38.3 Å². The molecule has 1 aliphatic heterocycles. The van der Waals surface area contributed by atoms with Crippen molar-refractivity contribution in [1.29, 1.82) is 0 Å². The molecule has 3 rings (SSSR count). The minimum absolute atomic E-state index is 0.305. The molecule has 1 saturated heterocycles. The van der Waals surface area contributed by atoms with E-state index in [1.807, 2.05) is 12.1 Å². The molecule has 1 heterocycles. The molecule has 0 aliphatic carbocycles. The van der Waals surface area contributed by atoms with Crippen LogP contribution < -0.4 is 0 Å². The highest BCUT2D eigenvalue weighted by Crippen LogP contribution is 2.44. The van der Waals surface area contributed by atoms with Gasteiger partial charge in [-0.1, -0.05) is 439 Å². The number of hydrogen-bond donors (Lipinski definition) is 1. The van der Waals surface area contributed by atoms with Gasteiger partial charge in [0.25, 0.3) is 0 Å². The molecule has 592 valence electrons. The summed E-state index contributed by atoms with van der Waals surface area (Å²) in [6.07, 6.45) is 71.4. The Morgan fingerprint density at radius 1 is 0.392 bits per heavy atom. The summed E-state index contributed by atoms with van der Waals surface area (Å²) in [6, 6.07) is 14.8. The van der Waals surface area contributed by atoms with Crippen molar-refractivity contribution in [3.05, 3.63) is 69.7 Å². The van der Waals surface area contributed by atoms with E-state index in [0.29, 0.717) is 66.7 Å². The van der Waals surface area contributed by atoms with E-state index in [0.717, 1.165) is 68.1 Å². The second kappa shape index (κ2) is 64.1. The molecule has 8 heteroatoms. The van der Waals surface area contributed by atoms with Crippen LogP contribution in [0.3, 0.4) is 0 Å². The summed E-state index contributed by atoms with van der Waals surface area (Å²) in [5.74, 6) is 1.80. The molecule has 0 saturated carbocycles. The molecule has 0 unspecified atom stereocenters. The van der Waals surface area contributed by atoms with Crippen LogP contribution in [-0.2, 0) is 35.9 Å². The fourth-order valence-electron chi connectivity index (χ4n) is 16.5. The van der Waals surface area contributed by atoms with Gasteiger partial charge in [0.2, 0.25) is 5.79 Å². The lowest BCUT2D eigenvalue weighted by molar-refractivity contribution is -0.375. The van der Waals surface area contributed by atoms with E-state index in [9.17, 15) is 5.11 Å². The molecule has 0 bridgehead atoms. The van der Waals surface area contributed by atoms with Crippen LogP contribution in [0.25, 0.3) is 0 Å². The maximum absolute atomic E-state index is 13.9. The monoisotopic (exact) mass is 1460 g/mol. The topological polar surface area (TPSA) is 66.4 Å². The van der Waals surface area contributed by atoms with Crippen molar-refractivity contribution in [2.24, 2.45) is 0 Å². The van der Waals surface area contributed by atoms with Gasteiger partial charge in [-0.05, 0) is 84.1 Å². The fraction of sp³-hybridized carbons (Fsp3) is 0.851. The smallest absolute Gasteiger partial charge is 0.222 e. The van der Waals surface area contributed by atoms with Gasteiger partial charge in [0.15, 0.2) is 0 Å². The lowest BCUT2D eigenvalue weighted by atomic mass is 9.86. The first-order valence-corrected chi connectivity index (χ1v) is 47.7. The summed E-state index contributed by atoms with van der Waals surface area (Å²) in [5.41, 5.74) is 9.42. The minimum atomic E-state index is -1.89. The molecular weight excluding hydrogens is 1290 g/mol. The van der Waals surface area contributed by atoms with Gasteiger partial charge in [-0.2, -0.15) is 0 Å². The Balaban J connectivity index is 1.94. The summed E-state index contributed by atoms with van der Waals surface area (Å²) in [7, 11) is -1.89. The highest BCUT2D eigenvalue weighted by molar-refractivity contribution is 6.90. The van der Waals surface area contributed by atoms with Crippen LogP contribution >= 0.6 is 11.6 Å². The first-order chi connectivity index (χ1) is 49.9. The average molecular weight is 1460 g/mol. The molecule has 102 heavy (non-hydrogen) atoms. The van der Waals surface area contributed by atoms with Crippen molar-refractivity contribution in [3.8, 4) is 11.5 Å². The van der Waals surface area contributed by atoms with Crippen LogP contribution in [0.2, 0.25) is 21.6 Å². The molecular formula is C94H169ClO6Si. The number of aliphatic hydroxyl groups is 1. The minimum Gasteiger partial charge on any atom is -0.379 e. The number of rotatable bonds is 71. The summed E-state index contributed by atoms with van der Waals surface area (Å²) in [5, 5.41) is 14.6. The Bertz CT molecular complexity index is 2220. The summed E-state index contributed by atoms with van der Waals surface area (Å²) < 4.78 is 35.8. The lowest BCUT2D eigenvalue weighted by Crippen LogP contribution is -2.66. The zero-order valence-electron chi connectivity index (χ0n) is 69.3. The Morgan fingerprint density at radius 3 is 1.03 bits per heavy atom. The Hall–Kier alpha value is -1.73. The Morgan fingerprint density at radius 2 is 0.696 bits per heavy atom. The van der Waals surface area contributed by atoms with Crippen LogP contribution in [0, 0.1) is 11.5 Å². The SMILES string of the molecule is CCCCCCCCCCCCCCCCOC[C@H]1O[C@](O)(c2ccc(Cl)c(Cc3ccc(C#C[Si](C(C)C)(C(C)C)C(C)C)cc3)c2)[C@H](OCCCCCCCCCCCCCCCC)[C@@H](OCCCCCCCCCCCCCCCC)[C@@H]1OCCCCCCCCCCCCCCCC. The quantitative estimate of drug-likeness (QED) is 0.0404. The summed E-state index contributed by atoms with van der Waals surface area (Å²) >= 11 is 7.25. The maximum Gasteiger partial charge on any atom is 0.222 e. The van der Waals surface area contributed by atoms with E-state index >= 15 is 0 Å². The largest absolute Gasteiger partial charge is 0.379 e. The van der Waals surface area contributed by atoms with Crippen LogP contribution in [0.1, 0.15) is 451 Å². The molecule has 1 fully saturated rings. The van der Waals surface area contributed by atoms with E-state index in [1.165, 1.54) is 308 Å². The number of benzene rings is 2. The summed E-state index contributed by atoms with van der Waals surface area (Å²) in [4.78, 5) is 0. The molecule has 6 nitrogen and oxygen atoms in total. The van der Waals surface area contributed by atoms with Gasteiger partial charge in [-0.25, -0.2) is 0 Å². The van der Waals surface area contributed by atoms with Crippen molar-refractivity contribution in [2.45, 2.75) is 482 Å². The van der Waals surface area contributed by atoms with Gasteiger partial charge < -0.3 is 28.8 Å². The molecule has 0 aromatic heterocycles. The second-order valence-corrected chi connectivity index (χ2v) is 39.1. The molecule has 0 amide bonds. The maximum atomic E-state index is 13.9. The van der Waals surface area contributed by atoms with Gasteiger partial charge >= 0.3 is 0 Å². The molecule has 5 atom stereocenters. The van der Waals surface area contributed by atoms with Crippen molar-refractivity contribution in [3.63, 3.8) is 0 Å². The highest BCUT2D eigenvalue weighted by atomic mass is 35.5. The third-order valence-electron chi connectivity index (χ3n) is 23.1. The number of halogens is 1. The van der Waals surface area contributed by atoms with E-state index in [-0.39, 0.29) is 0 Å².